The minimum Gasteiger partial charge on any atom is -0.377 e. The van der Waals surface area contributed by atoms with Crippen LogP contribution >= 0.6 is 0 Å². The van der Waals surface area contributed by atoms with Crippen LogP contribution in [-0.4, -0.2) is 18.6 Å². The van der Waals surface area contributed by atoms with Crippen molar-refractivity contribution in [2.24, 2.45) is 17.6 Å². The maximum absolute atomic E-state index is 11.5. The van der Waals surface area contributed by atoms with Gasteiger partial charge in [-0.1, -0.05) is 12.8 Å². The first kappa shape index (κ1) is 10.9. The van der Waals surface area contributed by atoms with Gasteiger partial charge >= 0.3 is 0 Å². The zero-order valence-corrected chi connectivity index (χ0v) is 9.28. The summed E-state index contributed by atoms with van der Waals surface area (Å²) < 4.78 is 5.71. The highest BCUT2D eigenvalue weighted by Gasteiger charge is 2.36. The number of primary amides is 1. The van der Waals surface area contributed by atoms with Crippen molar-refractivity contribution in [2.75, 3.05) is 6.61 Å². The summed E-state index contributed by atoms with van der Waals surface area (Å²) in [6, 6.07) is 0. The van der Waals surface area contributed by atoms with Crippen molar-refractivity contribution in [3.8, 4) is 0 Å². The fourth-order valence-corrected chi connectivity index (χ4v) is 3.08. The van der Waals surface area contributed by atoms with Crippen molar-refractivity contribution in [1.29, 1.82) is 0 Å². The summed E-state index contributed by atoms with van der Waals surface area (Å²) in [4.78, 5) is 11.5. The molecule has 1 amide bonds. The number of carbonyl (C=O) groups is 1. The lowest BCUT2D eigenvalue weighted by atomic mass is 9.83. The number of amides is 1. The lowest BCUT2D eigenvalue weighted by Gasteiger charge is -2.32. The Morgan fingerprint density at radius 3 is 2.33 bits per heavy atom. The Labute approximate surface area is 91.4 Å². The molecule has 0 aromatic rings. The van der Waals surface area contributed by atoms with Crippen molar-refractivity contribution >= 4 is 5.91 Å². The standard InChI is InChI=1S/C12H21NO2/c13-12(14)11(9-5-1-2-6-9)10-7-3-4-8-15-10/h9-11H,1-8H2,(H2,13,14). The zero-order valence-electron chi connectivity index (χ0n) is 9.28. The van der Waals surface area contributed by atoms with Crippen molar-refractivity contribution in [3.05, 3.63) is 0 Å². The molecule has 1 aliphatic heterocycles. The van der Waals surface area contributed by atoms with Crippen LogP contribution < -0.4 is 5.73 Å². The second-order valence-corrected chi connectivity index (χ2v) is 4.88. The highest BCUT2D eigenvalue weighted by molar-refractivity contribution is 5.77. The normalized spacial score (nSPS) is 30.3. The molecule has 0 aromatic carbocycles. The van der Waals surface area contributed by atoms with Crippen molar-refractivity contribution in [3.63, 3.8) is 0 Å². The second-order valence-electron chi connectivity index (χ2n) is 4.88. The minimum absolute atomic E-state index is 0.0206. The Bertz CT molecular complexity index is 218. The van der Waals surface area contributed by atoms with E-state index in [-0.39, 0.29) is 17.9 Å². The first-order valence-electron chi connectivity index (χ1n) is 6.20. The van der Waals surface area contributed by atoms with Crippen molar-refractivity contribution in [1.82, 2.24) is 0 Å². The monoisotopic (exact) mass is 211 g/mol. The predicted molar refractivity (Wildman–Crippen MR) is 58.2 cm³/mol. The van der Waals surface area contributed by atoms with Gasteiger partial charge in [0.25, 0.3) is 0 Å². The van der Waals surface area contributed by atoms with Gasteiger partial charge < -0.3 is 10.5 Å². The Kier molecular flexibility index (Phi) is 3.62. The number of hydrogen-bond acceptors (Lipinski definition) is 2. The van der Waals surface area contributed by atoms with Gasteiger partial charge in [-0.3, -0.25) is 4.79 Å². The van der Waals surface area contributed by atoms with E-state index in [4.69, 9.17) is 10.5 Å². The number of rotatable bonds is 3. The van der Waals surface area contributed by atoms with Crippen LogP contribution in [0.3, 0.4) is 0 Å². The van der Waals surface area contributed by atoms with E-state index < -0.39 is 0 Å². The molecule has 2 aliphatic rings. The molecule has 0 aromatic heterocycles. The van der Waals surface area contributed by atoms with Crippen LogP contribution in [0.15, 0.2) is 0 Å². The largest absolute Gasteiger partial charge is 0.377 e. The quantitative estimate of drug-likeness (QED) is 0.774. The maximum atomic E-state index is 11.5. The summed E-state index contributed by atoms with van der Waals surface area (Å²) in [5.74, 6) is 0.326. The zero-order chi connectivity index (χ0) is 10.7. The van der Waals surface area contributed by atoms with E-state index in [1.165, 1.54) is 19.3 Å². The third kappa shape index (κ3) is 2.51. The molecule has 0 spiro atoms. The Balaban J connectivity index is 2.00. The minimum atomic E-state index is -0.145. The van der Waals surface area contributed by atoms with Gasteiger partial charge in [0.05, 0.1) is 12.0 Å². The molecular weight excluding hydrogens is 190 g/mol. The van der Waals surface area contributed by atoms with Crippen LogP contribution in [0.2, 0.25) is 0 Å². The SMILES string of the molecule is NC(=O)C(C1CCCC1)C1CCCCO1. The average molecular weight is 211 g/mol. The van der Waals surface area contributed by atoms with Gasteiger partial charge in [0, 0.05) is 6.61 Å². The summed E-state index contributed by atoms with van der Waals surface area (Å²) >= 11 is 0. The van der Waals surface area contributed by atoms with Crippen LogP contribution in [0, 0.1) is 11.8 Å². The van der Waals surface area contributed by atoms with Crippen LogP contribution in [-0.2, 0) is 9.53 Å². The maximum Gasteiger partial charge on any atom is 0.223 e. The molecule has 0 bridgehead atoms. The lowest BCUT2D eigenvalue weighted by Crippen LogP contribution is -2.41. The summed E-state index contributed by atoms with van der Waals surface area (Å²) in [5, 5.41) is 0. The van der Waals surface area contributed by atoms with Gasteiger partial charge in [0.1, 0.15) is 0 Å². The van der Waals surface area contributed by atoms with Gasteiger partial charge in [-0.05, 0) is 38.0 Å². The Hall–Kier alpha value is -0.570. The summed E-state index contributed by atoms with van der Waals surface area (Å²) in [5.41, 5.74) is 5.53. The number of hydrogen-bond donors (Lipinski definition) is 1. The Morgan fingerprint density at radius 1 is 1.13 bits per heavy atom. The highest BCUT2D eigenvalue weighted by Crippen LogP contribution is 2.36. The number of ether oxygens (including phenoxy) is 1. The fourth-order valence-electron chi connectivity index (χ4n) is 3.08. The molecule has 3 nitrogen and oxygen atoms in total. The predicted octanol–water partition coefficient (Wildman–Crippen LogP) is 1.85. The molecule has 1 heterocycles. The molecule has 2 fully saturated rings. The van der Waals surface area contributed by atoms with E-state index in [2.05, 4.69) is 0 Å². The van der Waals surface area contributed by atoms with Crippen LogP contribution in [0.5, 0.6) is 0 Å². The molecule has 1 aliphatic carbocycles. The average Bonchev–Trinajstić information content (AvgIpc) is 2.72. The van der Waals surface area contributed by atoms with Crippen LogP contribution in [0.4, 0.5) is 0 Å². The second kappa shape index (κ2) is 4.97. The van der Waals surface area contributed by atoms with Crippen LogP contribution in [0.1, 0.15) is 44.9 Å². The third-order valence-corrected chi connectivity index (χ3v) is 3.85. The Morgan fingerprint density at radius 2 is 1.80 bits per heavy atom. The molecular formula is C12H21NO2. The van der Waals surface area contributed by atoms with Gasteiger partial charge in [0.15, 0.2) is 0 Å². The van der Waals surface area contributed by atoms with Crippen LogP contribution in [0.25, 0.3) is 0 Å². The van der Waals surface area contributed by atoms with Crippen molar-refractivity contribution in [2.45, 2.75) is 51.0 Å². The van der Waals surface area contributed by atoms with E-state index in [1.54, 1.807) is 0 Å². The molecule has 15 heavy (non-hydrogen) atoms. The smallest absolute Gasteiger partial charge is 0.223 e. The van der Waals surface area contributed by atoms with E-state index in [0.717, 1.165) is 32.3 Å². The first-order valence-corrected chi connectivity index (χ1v) is 6.20. The molecule has 2 unspecified atom stereocenters. The summed E-state index contributed by atoms with van der Waals surface area (Å²) in [6.45, 7) is 0.807. The topological polar surface area (TPSA) is 52.3 Å². The number of nitrogens with two attached hydrogens (primary N) is 1. The van der Waals surface area contributed by atoms with E-state index in [1.807, 2.05) is 0 Å². The lowest BCUT2D eigenvalue weighted by molar-refractivity contribution is -0.132. The molecule has 2 rings (SSSR count). The van der Waals surface area contributed by atoms with Gasteiger partial charge in [0.2, 0.25) is 5.91 Å². The van der Waals surface area contributed by atoms with Crippen molar-refractivity contribution < 1.29 is 9.53 Å². The third-order valence-electron chi connectivity index (χ3n) is 3.85. The number of carbonyl (C=O) groups excluding carboxylic acids is 1. The van der Waals surface area contributed by atoms with Gasteiger partial charge in [-0.25, -0.2) is 0 Å². The molecule has 2 atom stereocenters. The highest BCUT2D eigenvalue weighted by atomic mass is 16.5. The van der Waals surface area contributed by atoms with E-state index >= 15 is 0 Å². The molecule has 1 saturated carbocycles. The molecule has 3 heteroatoms. The fraction of sp³-hybridized carbons (Fsp3) is 0.917. The van der Waals surface area contributed by atoms with Gasteiger partial charge in [-0.15, -0.1) is 0 Å². The molecule has 2 N–H and O–H groups in total. The van der Waals surface area contributed by atoms with Gasteiger partial charge in [-0.2, -0.15) is 0 Å². The summed E-state index contributed by atoms with van der Waals surface area (Å²) in [7, 11) is 0. The van der Waals surface area contributed by atoms with E-state index in [0.29, 0.717) is 5.92 Å². The summed E-state index contributed by atoms with van der Waals surface area (Å²) in [6.07, 6.45) is 8.26. The molecule has 86 valence electrons. The molecule has 0 radical (unpaired) electrons. The van der Waals surface area contributed by atoms with E-state index in [9.17, 15) is 4.79 Å². The molecule has 1 saturated heterocycles. The first-order chi connectivity index (χ1) is 7.29.